The summed E-state index contributed by atoms with van der Waals surface area (Å²) >= 11 is 5.95. The number of halogens is 1. The third kappa shape index (κ3) is 6.38. The fourth-order valence-electron chi connectivity index (χ4n) is 2.80. The number of hydrogen-bond acceptors (Lipinski definition) is 3. The van der Waals surface area contributed by atoms with E-state index >= 15 is 0 Å². The molecule has 0 aromatic heterocycles. The standard InChI is InChI=1S/C21H25ClN2O3/c1-16(25)24(15-17-9-11-19(22)12-10-17)20(18-7-4-3-5-8-18)21(26)23-13-6-14-27-2/h3-5,7-12,20H,6,13-15H2,1-2H3,(H,23,26). The molecule has 0 aliphatic rings. The van der Waals surface area contributed by atoms with E-state index in [0.29, 0.717) is 31.1 Å². The maximum atomic E-state index is 12.9. The number of ether oxygens (including phenoxy) is 1. The molecular formula is C21H25ClN2O3. The van der Waals surface area contributed by atoms with Crippen molar-refractivity contribution in [3.63, 3.8) is 0 Å². The van der Waals surface area contributed by atoms with Crippen molar-refractivity contribution in [3.8, 4) is 0 Å². The van der Waals surface area contributed by atoms with Crippen LogP contribution in [0, 0.1) is 0 Å². The predicted octanol–water partition coefficient (Wildman–Crippen LogP) is 3.58. The molecule has 2 aromatic rings. The number of amides is 2. The molecule has 0 saturated heterocycles. The molecule has 2 rings (SSSR count). The lowest BCUT2D eigenvalue weighted by Gasteiger charge is -2.30. The van der Waals surface area contributed by atoms with Gasteiger partial charge in [0.2, 0.25) is 11.8 Å². The van der Waals surface area contributed by atoms with Crippen LogP contribution in [0.1, 0.15) is 30.5 Å². The summed E-state index contributed by atoms with van der Waals surface area (Å²) in [5, 5.41) is 3.54. The van der Waals surface area contributed by atoms with Crippen molar-refractivity contribution in [1.82, 2.24) is 10.2 Å². The van der Waals surface area contributed by atoms with Crippen LogP contribution in [0.25, 0.3) is 0 Å². The number of nitrogens with zero attached hydrogens (tertiary/aromatic N) is 1. The van der Waals surface area contributed by atoms with Gasteiger partial charge in [-0.25, -0.2) is 0 Å². The second kappa shape index (κ2) is 10.7. The molecule has 0 heterocycles. The van der Waals surface area contributed by atoms with Crippen molar-refractivity contribution in [2.75, 3.05) is 20.3 Å². The van der Waals surface area contributed by atoms with Crippen LogP contribution < -0.4 is 5.32 Å². The summed E-state index contributed by atoms with van der Waals surface area (Å²) in [6.45, 7) is 2.85. The van der Waals surface area contributed by atoms with Gasteiger partial charge in [-0.1, -0.05) is 54.1 Å². The zero-order chi connectivity index (χ0) is 19.6. The van der Waals surface area contributed by atoms with Gasteiger partial charge in [-0.05, 0) is 29.7 Å². The van der Waals surface area contributed by atoms with E-state index in [9.17, 15) is 9.59 Å². The zero-order valence-electron chi connectivity index (χ0n) is 15.7. The largest absolute Gasteiger partial charge is 0.385 e. The highest BCUT2D eigenvalue weighted by Gasteiger charge is 2.29. The Kier molecular flexibility index (Phi) is 8.30. The minimum Gasteiger partial charge on any atom is -0.385 e. The Hall–Kier alpha value is -2.37. The third-order valence-electron chi connectivity index (χ3n) is 4.17. The molecule has 0 radical (unpaired) electrons. The van der Waals surface area contributed by atoms with Gasteiger partial charge >= 0.3 is 0 Å². The molecule has 1 unspecified atom stereocenters. The Morgan fingerprint density at radius 1 is 1.11 bits per heavy atom. The number of hydrogen-bond donors (Lipinski definition) is 1. The summed E-state index contributed by atoms with van der Waals surface area (Å²) in [7, 11) is 1.62. The van der Waals surface area contributed by atoms with Gasteiger partial charge in [0.05, 0.1) is 0 Å². The predicted molar refractivity (Wildman–Crippen MR) is 106 cm³/mol. The van der Waals surface area contributed by atoms with Crippen LogP contribution >= 0.6 is 11.6 Å². The van der Waals surface area contributed by atoms with Crippen molar-refractivity contribution in [2.24, 2.45) is 0 Å². The van der Waals surface area contributed by atoms with E-state index in [1.165, 1.54) is 6.92 Å². The zero-order valence-corrected chi connectivity index (χ0v) is 16.4. The van der Waals surface area contributed by atoms with Crippen molar-refractivity contribution in [1.29, 1.82) is 0 Å². The highest BCUT2D eigenvalue weighted by molar-refractivity contribution is 6.30. The SMILES string of the molecule is COCCCNC(=O)C(c1ccccc1)N(Cc1ccc(Cl)cc1)C(C)=O. The maximum absolute atomic E-state index is 12.9. The molecule has 6 heteroatoms. The molecule has 27 heavy (non-hydrogen) atoms. The maximum Gasteiger partial charge on any atom is 0.247 e. The van der Waals surface area contributed by atoms with Crippen LogP contribution in [0.3, 0.4) is 0 Å². The van der Waals surface area contributed by atoms with Crippen LogP contribution in [0.15, 0.2) is 54.6 Å². The van der Waals surface area contributed by atoms with E-state index in [1.54, 1.807) is 24.1 Å². The molecular weight excluding hydrogens is 364 g/mol. The fourth-order valence-corrected chi connectivity index (χ4v) is 2.93. The van der Waals surface area contributed by atoms with E-state index in [0.717, 1.165) is 11.1 Å². The fraction of sp³-hybridized carbons (Fsp3) is 0.333. The minimum absolute atomic E-state index is 0.175. The van der Waals surface area contributed by atoms with Gasteiger partial charge in [-0.3, -0.25) is 9.59 Å². The Morgan fingerprint density at radius 3 is 2.37 bits per heavy atom. The van der Waals surface area contributed by atoms with E-state index in [2.05, 4.69) is 5.32 Å². The number of benzene rings is 2. The molecule has 0 aliphatic carbocycles. The number of methoxy groups -OCH3 is 1. The Balaban J connectivity index is 2.26. The minimum atomic E-state index is -0.707. The second-order valence-corrected chi connectivity index (χ2v) is 6.66. The topological polar surface area (TPSA) is 58.6 Å². The van der Waals surface area contributed by atoms with Gasteiger partial charge in [-0.15, -0.1) is 0 Å². The van der Waals surface area contributed by atoms with Crippen LogP contribution in [0.4, 0.5) is 0 Å². The third-order valence-corrected chi connectivity index (χ3v) is 4.42. The average Bonchev–Trinajstić information content (AvgIpc) is 2.67. The summed E-state index contributed by atoms with van der Waals surface area (Å²) in [5.74, 6) is -0.382. The van der Waals surface area contributed by atoms with E-state index in [1.807, 2.05) is 42.5 Å². The average molecular weight is 389 g/mol. The van der Waals surface area contributed by atoms with Crippen molar-refractivity contribution in [3.05, 3.63) is 70.7 Å². The molecule has 0 spiro atoms. The molecule has 0 saturated carbocycles. The molecule has 0 fully saturated rings. The summed E-state index contributed by atoms with van der Waals surface area (Å²) < 4.78 is 5.02. The summed E-state index contributed by atoms with van der Waals surface area (Å²) in [4.78, 5) is 26.9. The normalized spacial score (nSPS) is 11.7. The molecule has 1 atom stereocenters. The number of carbonyl (C=O) groups is 2. The van der Waals surface area contributed by atoms with Gasteiger partial charge in [0.15, 0.2) is 0 Å². The van der Waals surface area contributed by atoms with Gasteiger partial charge in [-0.2, -0.15) is 0 Å². The Morgan fingerprint density at radius 2 is 1.78 bits per heavy atom. The summed E-state index contributed by atoms with van der Waals surface area (Å²) in [6.07, 6.45) is 0.709. The molecule has 0 bridgehead atoms. The molecule has 2 amide bonds. The summed E-state index contributed by atoms with van der Waals surface area (Å²) in [6, 6.07) is 15.9. The molecule has 144 valence electrons. The van der Waals surface area contributed by atoms with Crippen molar-refractivity contribution < 1.29 is 14.3 Å². The van der Waals surface area contributed by atoms with Gasteiger partial charge in [0.25, 0.3) is 0 Å². The number of nitrogens with one attached hydrogen (secondary N) is 1. The number of rotatable bonds is 9. The Bertz CT molecular complexity index is 735. The van der Waals surface area contributed by atoms with Crippen LogP contribution in [0.5, 0.6) is 0 Å². The highest BCUT2D eigenvalue weighted by atomic mass is 35.5. The van der Waals surface area contributed by atoms with Crippen molar-refractivity contribution in [2.45, 2.75) is 25.9 Å². The smallest absolute Gasteiger partial charge is 0.247 e. The lowest BCUT2D eigenvalue weighted by Crippen LogP contribution is -2.43. The lowest BCUT2D eigenvalue weighted by atomic mass is 10.0. The van der Waals surface area contributed by atoms with Crippen LogP contribution in [-0.4, -0.2) is 37.0 Å². The van der Waals surface area contributed by atoms with E-state index in [-0.39, 0.29) is 11.8 Å². The first kappa shape index (κ1) is 20.9. The molecule has 0 aliphatic heterocycles. The van der Waals surface area contributed by atoms with Gasteiger partial charge < -0.3 is 15.0 Å². The van der Waals surface area contributed by atoms with Crippen LogP contribution in [-0.2, 0) is 20.9 Å². The van der Waals surface area contributed by atoms with Crippen LogP contribution in [0.2, 0.25) is 5.02 Å². The van der Waals surface area contributed by atoms with Crippen molar-refractivity contribution >= 4 is 23.4 Å². The highest BCUT2D eigenvalue weighted by Crippen LogP contribution is 2.24. The lowest BCUT2D eigenvalue weighted by molar-refractivity contribution is -0.140. The first-order chi connectivity index (χ1) is 13.0. The summed E-state index contributed by atoms with van der Waals surface area (Å²) in [5.41, 5.74) is 1.67. The van der Waals surface area contributed by atoms with E-state index < -0.39 is 6.04 Å². The Labute approximate surface area is 165 Å². The van der Waals surface area contributed by atoms with Gasteiger partial charge in [0.1, 0.15) is 6.04 Å². The van der Waals surface area contributed by atoms with E-state index in [4.69, 9.17) is 16.3 Å². The first-order valence-corrected chi connectivity index (χ1v) is 9.24. The molecule has 5 nitrogen and oxygen atoms in total. The molecule has 1 N–H and O–H groups in total. The monoisotopic (exact) mass is 388 g/mol. The first-order valence-electron chi connectivity index (χ1n) is 8.86. The molecule has 2 aromatic carbocycles. The van der Waals surface area contributed by atoms with Gasteiger partial charge in [0, 0.05) is 38.8 Å². The second-order valence-electron chi connectivity index (χ2n) is 6.22. The quantitative estimate of drug-likeness (QED) is 0.668. The number of carbonyl (C=O) groups excluding carboxylic acids is 2.